The Morgan fingerprint density at radius 3 is 2.65 bits per heavy atom. The molecule has 0 bridgehead atoms. The molecule has 23 heavy (non-hydrogen) atoms. The maximum absolute atomic E-state index is 13.3. The first kappa shape index (κ1) is 15.4. The monoisotopic (exact) mass is 311 g/mol. The van der Waals surface area contributed by atoms with Gasteiger partial charge < -0.3 is 4.42 Å². The number of carbonyl (C=O) groups is 1. The molecule has 0 unspecified atom stereocenters. The Labute approximate surface area is 134 Å². The van der Waals surface area contributed by atoms with E-state index in [4.69, 9.17) is 4.42 Å². The first-order valence-corrected chi connectivity index (χ1v) is 7.49. The van der Waals surface area contributed by atoms with Crippen LogP contribution in [0.3, 0.4) is 0 Å². The number of benzene rings is 2. The predicted molar refractivity (Wildman–Crippen MR) is 88.0 cm³/mol. The first-order valence-electron chi connectivity index (χ1n) is 7.49. The van der Waals surface area contributed by atoms with E-state index in [0.717, 1.165) is 5.56 Å². The lowest BCUT2D eigenvalue weighted by Gasteiger charge is -2.15. The maximum atomic E-state index is 13.3. The van der Waals surface area contributed by atoms with Crippen molar-refractivity contribution in [3.05, 3.63) is 71.2 Å². The average Bonchev–Trinajstić information content (AvgIpc) is 2.85. The number of Topliss-reactive ketones (excluding diaryl/α,β-unsaturated/α-hetero) is 1. The Balaban J connectivity index is 1.77. The third kappa shape index (κ3) is 3.32. The summed E-state index contributed by atoms with van der Waals surface area (Å²) in [5, 5.41) is 0.652. The number of hydrogen-bond acceptors (Lipinski definition) is 3. The number of likely N-dealkylation sites (N-methyl/N-ethyl adjacent to an activating group) is 1. The molecule has 0 aliphatic carbocycles. The number of rotatable bonds is 5. The van der Waals surface area contributed by atoms with Crippen LogP contribution < -0.4 is 0 Å². The highest BCUT2D eigenvalue weighted by atomic mass is 19.1. The van der Waals surface area contributed by atoms with Crippen molar-refractivity contribution in [2.45, 2.75) is 13.5 Å². The van der Waals surface area contributed by atoms with Crippen molar-refractivity contribution in [3.63, 3.8) is 0 Å². The summed E-state index contributed by atoms with van der Waals surface area (Å²) in [5.41, 5.74) is 2.38. The van der Waals surface area contributed by atoms with Crippen molar-refractivity contribution in [1.29, 1.82) is 0 Å². The zero-order valence-corrected chi connectivity index (χ0v) is 13.2. The van der Waals surface area contributed by atoms with Gasteiger partial charge in [0.1, 0.15) is 11.4 Å². The number of aryl methyl sites for hydroxylation is 1. The van der Waals surface area contributed by atoms with Gasteiger partial charge in [-0.3, -0.25) is 9.69 Å². The van der Waals surface area contributed by atoms with Gasteiger partial charge in [-0.2, -0.15) is 0 Å². The normalized spacial score (nSPS) is 11.3. The van der Waals surface area contributed by atoms with Gasteiger partial charge in [-0.1, -0.05) is 30.3 Å². The second-order valence-corrected chi connectivity index (χ2v) is 5.78. The Hall–Kier alpha value is -2.46. The topological polar surface area (TPSA) is 33.5 Å². The Bertz CT molecular complexity index is 839. The minimum absolute atomic E-state index is 0.0995. The van der Waals surface area contributed by atoms with Crippen molar-refractivity contribution in [2.24, 2.45) is 0 Å². The summed E-state index contributed by atoms with van der Waals surface area (Å²) in [7, 11) is 1.89. The second-order valence-electron chi connectivity index (χ2n) is 5.78. The van der Waals surface area contributed by atoms with Crippen molar-refractivity contribution in [1.82, 2.24) is 4.90 Å². The highest BCUT2D eigenvalue weighted by molar-refractivity contribution is 6.01. The van der Waals surface area contributed by atoms with Gasteiger partial charge in [0.2, 0.25) is 5.78 Å². The molecule has 0 spiro atoms. The molecule has 118 valence electrons. The highest BCUT2D eigenvalue weighted by Crippen LogP contribution is 2.26. The van der Waals surface area contributed by atoms with Gasteiger partial charge in [0, 0.05) is 17.5 Å². The van der Waals surface area contributed by atoms with Crippen LogP contribution in [0.25, 0.3) is 11.0 Å². The van der Waals surface area contributed by atoms with Crippen LogP contribution in [0.2, 0.25) is 0 Å². The number of ketones is 1. The molecule has 0 aliphatic rings. The summed E-state index contributed by atoms with van der Waals surface area (Å²) in [6.45, 7) is 2.72. The van der Waals surface area contributed by atoms with Crippen molar-refractivity contribution < 1.29 is 13.6 Å². The summed E-state index contributed by atoms with van der Waals surface area (Å²) < 4.78 is 19.0. The lowest BCUT2D eigenvalue weighted by molar-refractivity contribution is 0.0917. The Kier molecular flexibility index (Phi) is 4.26. The van der Waals surface area contributed by atoms with Gasteiger partial charge in [0.05, 0.1) is 6.54 Å². The van der Waals surface area contributed by atoms with Gasteiger partial charge in [0.25, 0.3) is 0 Å². The van der Waals surface area contributed by atoms with Crippen LogP contribution in [0.15, 0.2) is 52.9 Å². The van der Waals surface area contributed by atoms with Gasteiger partial charge >= 0.3 is 0 Å². The minimum atomic E-state index is -0.332. The van der Waals surface area contributed by atoms with E-state index in [0.29, 0.717) is 28.8 Å². The van der Waals surface area contributed by atoms with Crippen LogP contribution in [-0.2, 0) is 6.54 Å². The summed E-state index contributed by atoms with van der Waals surface area (Å²) >= 11 is 0. The molecule has 1 aromatic heterocycles. The molecular weight excluding hydrogens is 293 g/mol. The van der Waals surface area contributed by atoms with Crippen LogP contribution >= 0.6 is 0 Å². The number of hydrogen-bond donors (Lipinski definition) is 0. The molecule has 3 nitrogen and oxygen atoms in total. The first-order chi connectivity index (χ1) is 11.0. The Morgan fingerprint density at radius 2 is 1.91 bits per heavy atom. The molecule has 0 amide bonds. The molecule has 0 N–H and O–H groups in total. The molecule has 0 fully saturated rings. The van der Waals surface area contributed by atoms with E-state index in [1.165, 1.54) is 12.1 Å². The molecule has 0 radical (unpaired) electrons. The fraction of sp³-hybridized carbons (Fsp3) is 0.211. The Morgan fingerprint density at radius 1 is 1.17 bits per heavy atom. The third-order valence-electron chi connectivity index (χ3n) is 3.86. The predicted octanol–water partition coefficient (Wildman–Crippen LogP) is 4.20. The molecule has 3 aromatic rings. The average molecular weight is 311 g/mol. The lowest BCUT2D eigenvalue weighted by atomic mass is 10.1. The van der Waals surface area contributed by atoms with E-state index in [1.807, 2.05) is 42.3 Å². The number of carbonyl (C=O) groups excluding carboxylic acids is 1. The highest BCUT2D eigenvalue weighted by Gasteiger charge is 2.19. The molecule has 4 heteroatoms. The third-order valence-corrected chi connectivity index (χ3v) is 3.86. The molecule has 1 heterocycles. The molecule has 2 aromatic carbocycles. The van der Waals surface area contributed by atoms with Crippen LogP contribution in [0, 0.1) is 12.7 Å². The standard InChI is InChI=1S/C19H18FNO2/c1-13-16-10-15(20)8-9-18(16)23-19(13)17(22)12-21(2)11-14-6-4-3-5-7-14/h3-10H,11-12H2,1-2H3. The van der Waals surface area contributed by atoms with Crippen molar-refractivity contribution in [2.75, 3.05) is 13.6 Å². The molecule has 0 saturated heterocycles. The summed E-state index contributed by atoms with van der Waals surface area (Å²) in [6.07, 6.45) is 0. The molecule has 0 atom stereocenters. The van der Waals surface area contributed by atoms with Crippen LogP contribution in [-0.4, -0.2) is 24.3 Å². The van der Waals surface area contributed by atoms with E-state index in [-0.39, 0.29) is 18.1 Å². The van der Waals surface area contributed by atoms with E-state index in [1.54, 1.807) is 13.0 Å². The largest absolute Gasteiger partial charge is 0.453 e. The summed E-state index contributed by atoms with van der Waals surface area (Å²) in [4.78, 5) is 14.4. The smallest absolute Gasteiger partial charge is 0.212 e. The zero-order chi connectivity index (χ0) is 16.4. The maximum Gasteiger partial charge on any atom is 0.212 e. The minimum Gasteiger partial charge on any atom is -0.453 e. The van der Waals surface area contributed by atoms with Crippen molar-refractivity contribution in [3.8, 4) is 0 Å². The van der Waals surface area contributed by atoms with Gasteiger partial charge in [-0.25, -0.2) is 4.39 Å². The number of furan rings is 1. The summed E-state index contributed by atoms with van der Waals surface area (Å²) in [6, 6.07) is 14.3. The van der Waals surface area contributed by atoms with E-state index >= 15 is 0 Å². The quantitative estimate of drug-likeness (QED) is 0.662. The number of nitrogens with zero attached hydrogens (tertiary/aromatic N) is 1. The molecule has 0 saturated carbocycles. The fourth-order valence-corrected chi connectivity index (χ4v) is 2.73. The lowest BCUT2D eigenvalue weighted by Crippen LogP contribution is -2.25. The van der Waals surface area contributed by atoms with Gasteiger partial charge in [0.15, 0.2) is 5.76 Å². The zero-order valence-electron chi connectivity index (χ0n) is 13.2. The van der Waals surface area contributed by atoms with E-state index < -0.39 is 0 Å². The van der Waals surface area contributed by atoms with Gasteiger partial charge in [-0.15, -0.1) is 0 Å². The molecular formula is C19H18FNO2. The second kappa shape index (κ2) is 6.34. The summed E-state index contributed by atoms with van der Waals surface area (Å²) in [5.74, 6) is -0.121. The van der Waals surface area contributed by atoms with Crippen LogP contribution in [0.1, 0.15) is 21.7 Å². The van der Waals surface area contributed by atoms with Crippen molar-refractivity contribution >= 4 is 16.8 Å². The number of halogens is 1. The fourth-order valence-electron chi connectivity index (χ4n) is 2.73. The van der Waals surface area contributed by atoms with Crippen LogP contribution in [0.4, 0.5) is 4.39 Å². The van der Waals surface area contributed by atoms with E-state index in [9.17, 15) is 9.18 Å². The number of fused-ring (bicyclic) bond motifs is 1. The molecule has 3 rings (SSSR count). The molecule has 0 aliphatic heterocycles. The van der Waals surface area contributed by atoms with E-state index in [2.05, 4.69) is 0 Å². The van der Waals surface area contributed by atoms with Crippen LogP contribution in [0.5, 0.6) is 0 Å². The SMILES string of the molecule is Cc1c(C(=O)CN(C)Cc2ccccc2)oc2ccc(F)cc12. The van der Waals surface area contributed by atoms with Gasteiger partial charge in [-0.05, 0) is 37.7 Å².